The lowest BCUT2D eigenvalue weighted by Crippen LogP contribution is -2.54. The second-order valence-corrected chi connectivity index (χ2v) is 16.6. The Kier molecular flexibility index (Phi) is 15.8. The summed E-state index contributed by atoms with van der Waals surface area (Å²) in [6.07, 6.45) is 5.97. The van der Waals surface area contributed by atoms with Gasteiger partial charge in [-0.25, -0.2) is 9.78 Å². The van der Waals surface area contributed by atoms with Gasteiger partial charge in [-0.05, 0) is 52.5 Å². The van der Waals surface area contributed by atoms with Crippen molar-refractivity contribution in [1.82, 2.24) is 20.5 Å². The van der Waals surface area contributed by atoms with Crippen LogP contribution in [0.5, 0.6) is 0 Å². The summed E-state index contributed by atoms with van der Waals surface area (Å²) in [5.41, 5.74) is 5.60. The molecular weight excluding hydrogens is 765 g/mol. The monoisotopic (exact) mass is 820 g/mol. The van der Waals surface area contributed by atoms with E-state index >= 15 is 0 Å². The van der Waals surface area contributed by atoms with E-state index in [2.05, 4.69) is 45.8 Å². The van der Waals surface area contributed by atoms with Crippen molar-refractivity contribution in [2.24, 2.45) is 17.8 Å². The molecule has 0 fully saturated rings. The smallest absolute Gasteiger partial charge is 0.407 e. The SMILES string of the molecule is C#CCO[C@H](C[C@H](C(C)C)N(C)C(=O)[C@@H](NC(=O)OCC1c2ccccc2-c2ccccc21)[C@@H](C)CC)c1nc(C(=O)NC(Cc2ccccc2)CC(C)C(=O)O)cs1. The van der Waals surface area contributed by atoms with Gasteiger partial charge in [0.15, 0.2) is 0 Å². The zero-order valence-corrected chi connectivity index (χ0v) is 35.5. The van der Waals surface area contributed by atoms with Gasteiger partial charge < -0.3 is 30.1 Å². The fraction of sp³-hybridized carbons (Fsp3) is 0.426. The summed E-state index contributed by atoms with van der Waals surface area (Å²) in [6, 6.07) is 24.2. The lowest BCUT2D eigenvalue weighted by atomic mass is 9.93. The van der Waals surface area contributed by atoms with Crippen molar-refractivity contribution in [3.63, 3.8) is 0 Å². The first kappa shape index (κ1) is 44.6. The molecule has 1 aliphatic carbocycles. The summed E-state index contributed by atoms with van der Waals surface area (Å²) in [6.45, 7) is 9.66. The number of hydrogen-bond donors (Lipinski definition) is 3. The number of amides is 3. The standard InChI is InChI=1S/C47H56N4O7S/c1-8-23-57-41(44-49-39(28-59-44)43(52)48-33(24-31(6)46(54)55)25-32-17-11-10-12-18-32)26-40(29(3)4)51(7)45(53)42(30(5)9-2)50-47(56)58-27-38-36-21-15-13-19-34(36)35-20-14-16-22-37(35)38/h1,10-22,28-31,33,38,40-42H,9,23-27H2,2-7H3,(H,48,52)(H,50,56)(H,54,55)/t30-,31?,33?,40+,41+,42-/m0/s1. The van der Waals surface area contributed by atoms with Crippen LogP contribution in [0.15, 0.2) is 84.2 Å². The lowest BCUT2D eigenvalue weighted by molar-refractivity contribution is -0.141. The highest BCUT2D eigenvalue weighted by molar-refractivity contribution is 7.09. The van der Waals surface area contributed by atoms with Crippen molar-refractivity contribution < 1.29 is 33.8 Å². The van der Waals surface area contributed by atoms with E-state index in [1.807, 2.05) is 82.3 Å². The Morgan fingerprint density at radius 1 is 0.915 bits per heavy atom. The fourth-order valence-corrected chi connectivity index (χ4v) is 8.60. The summed E-state index contributed by atoms with van der Waals surface area (Å²) in [5, 5.41) is 17.7. The van der Waals surface area contributed by atoms with Crippen LogP contribution in [0.3, 0.4) is 0 Å². The number of carboxylic acids is 1. The van der Waals surface area contributed by atoms with Gasteiger partial charge in [0.2, 0.25) is 5.91 Å². The number of thiazole rings is 1. The number of aromatic nitrogens is 1. The van der Waals surface area contributed by atoms with E-state index in [0.29, 0.717) is 24.3 Å². The van der Waals surface area contributed by atoms with E-state index in [1.54, 1.807) is 24.3 Å². The van der Waals surface area contributed by atoms with Crippen LogP contribution < -0.4 is 10.6 Å². The first-order valence-electron chi connectivity index (χ1n) is 20.3. The molecule has 5 rings (SSSR count). The highest BCUT2D eigenvalue weighted by atomic mass is 32.1. The number of hydrogen-bond acceptors (Lipinski definition) is 8. The highest BCUT2D eigenvalue weighted by Gasteiger charge is 2.36. The van der Waals surface area contributed by atoms with Gasteiger partial charge in [-0.3, -0.25) is 14.4 Å². The van der Waals surface area contributed by atoms with Gasteiger partial charge >= 0.3 is 12.1 Å². The van der Waals surface area contributed by atoms with Crippen molar-refractivity contribution in [2.75, 3.05) is 20.3 Å². The number of likely N-dealkylation sites (N-methyl/N-ethyl adjacent to an activating group) is 1. The second-order valence-electron chi connectivity index (χ2n) is 15.7. The molecule has 0 spiro atoms. The average molecular weight is 821 g/mol. The molecule has 1 aliphatic rings. The number of carbonyl (C=O) groups excluding carboxylic acids is 3. The van der Waals surface area contributed by atoms with Crippen LogP contribution >= 0.6 is 11.3 Å². The number of carboxylic acid groups (broad SMARTS) is 1. The molecule has 3 N–H and O–H groups in total. The number of carbonyl (C=O) groups is 4. The van der Waals surface area contributed by atoms with Gasteiger partial charge in [-0.2, -0.15) is 0 Å². The number of rotatable bonds is 20. The summed E-state index contributed by atoms with van der Waals surface area (Å²) >= 11 is 1.25. The molecule has 1 heterocycles. The minimum Gasteiger partial charge on any atom is -0.481 e. The molecular formula is C47H56N4O7S. The number of nitrogens with zero attached hydrogens (tertiary/aromatic N) is 2. The number of ether oxygens (including phenoxy) is 2. The molecule has 59 heavy (non-hydrogen) atoms. The molecule has 6 atom stereocenters. The molecule has 0 aliphatic heterocycles. The normalized spacial score (nSPS) is 15.1. The van der Waals surface area contributed by atoms with Crippen molar-refractivity contribution in [2.45, 2.75) is 90.4 Å². The first-order chi connectivity index (χ1) is 28.3. The predicted octanol–water partition coefficient (Wildman–Crippen LogP) is 8.11. The zero-order chi connectivity index (χ0) is 42.6. The summed E-state index contributed by atoms with van der Waals surface area (Å²) in [5.74, 6) is -0.126. The lowest BCUT2D eigenvalue weighted by Gasteiger charge is -2.37. The van der Waals surface area contributed by atoms with Gasteiger partial charge in [-0.1, -0.05) is 126 Å². The largest absolute Gasteiger partial charge is 0.481 e. The van der Waals surface area contributed by atoms with Gasteiger partial charge in [0, 0.05) is 36.9 Å². The molecule has 0 bridgehead atoms. The van der Waals surface area contributed by atoms with Crippen molar-refractivity contribution in [3.8, 4) is 23.5 Å². The van der Waals surface area contributed by atoms with Crippen LogP contribution in [-0.4, -0.2) is 77.3 Å². The van der Waals surface area contributed by atoms with E-state index in [4.69, 9.17) is 15.9 Å². The second kappa shape index (κ2) is 21.0. The molecule has 11 nitrogen and oxygen atoms in total. The van der Waals surface area contributed by atoms with Crippen molar-refractivity contribution >= 4 is 35.2 Å². The third-order valence-electron chi connectivity index (χ3n) is 11.3. The molecule has 312 valence electrons. The third-order valence-corrected chi connectivity index (χ3v) is 12.2. The Balaban J connectivity index is 1.28. The van der Waals surface area contributed by atoms with Gasteiger partial charge in [0.1, 0.15) is 36.1 Å². The number of nitrogens with one attached hydrogen (secondary N) is 2. The Morgan fingerprint density at radius 2 is 1.54 bits per heavy atom. The Bertz CT molecular complexity index is 2050. The predicted molar refractivity (Wildman–Crippen MR) is 230 cm³/mol. The quantitative estimate of drug-likeness (QED) is 0.0759. The number of alkyl carbamates (subject to hydrolysis) is 1. The Hall–Kier alpha value is -5.51. The van der Waals surface area contributed by atoms with Crippen LogP contribution in [-0.2, 0) is 25.5 Å². The number of aliphatic carboxylic acids is 1. The molecule has 0 radical (unpaired) electrons. The molecule has 12 heteroatoms. The van der Waals surface area contributed by atoms with Crippen LogP contribution in [0.1, 0.15) is 98.1 Å². The topological polar surface area (TPSA) is 147 Å². The van der Waals surface area contributed by atoms with E-state index < -0.39 is 42.1 Å². The van der Waals surface area contributed by atoms with Crippen LogP contribution in [0.2, 0.25) is 0 Å². The Labute approximate surface area is 351 Å². The molecule has 4 aromatic rings. The Morgan fingerprint density at radius 3 is 2.14 bits per heavy atom. The van der Waals surface area contributed by atoms with Crippen LogP contribution in [0.4, 0.5) is 4.79 Å². The minimum atomic E-state index is -0.937. The molecule has 0 saturated carbocycles. The van der Waals surface area contributed by atoms with E-state index in [-0.39, 0.29) is 55.0 Å². The van der Waals surface area contributed by atoms with E-state index in [1.165, 1.54) is 11.3 Å². The van der Waals surface area contributed by atoms with Gasteiger partial charge in [-0.15, -0.1) is 17.8 Å². The van der Waals surface area contributed by atoms with Crippen molar-refractivity contribution in [3.05, 3.63) is 112 Å². The zero-order valence-electron chi connectivity index (χ0n) is 34.7. The van der Waals surface area contributed by atoms with Crippen LogP contribution in [0, 0.1) is 30.1 Å². The summed E-state index contributed by atoms with van der Waals surface area (Å²) in [7, 11) is 1.73. The minimum absolute atomic E-state index is 0.0146. The van der Waals surface area contributed by atoms with E-state index in [0.717, 1.165) is 27.8 Å². The van der Waals surface area contributed by atoms with Gasteiger partial charge in [0.25, 0.3) is 5.91 Å². The van der Waals surface area contributed by atoms with E-state index in [9.17, 15) is 24.3 Å². The molecule has 1 aromatic heterocycles. The maximum absolute atomic E-state index is 14.4. The number of fused-ring (bicyclic) bond motifs is 3. The molecule has 3 amide bonds. The van der Waals surface area contributed by atoms with Gasteiger partial charge in [0.05, 0.1) is 5.92 Å². The maximum atomic E-state index is 14.4. The third kappa shape index (κ3) is 11.4. The average Bonchev–Trinajstić information content (AvgIpc) is 3.85. The first-order valence-corrected chi connectivity index (χ1v) is 21.2. The number of benzene rings is 3. The molecule has 3 aromatic carbocycles. The fourth-order valence-electron chi connectivity index (χ4n) is 7.74. The summed E-state index contributed by atoms with van der Waals surface area (Å²) < 4.78 is 12.0. The number of terminal acetylenes is 1. The molecule has 2 unspecified atom stereocenters. The van der Waals surface area contributed by atoms with Crippen molar-refractivity contribution in [1.29, 1.82) is 0 Å². The summed E-state index contributed by atoms with van der Waals surface area (Å²) in [4.78, 5) is 59.4. The highest BCUT2D eigenvalue weighted by Crippen LogP contribution is 2.44. The van der Waals surface area contributed by atoms with Crippen LogP contribution in [0.25, 0.3) is 11.1 Å². The molecule has 0 saturated heterocycles. The maximum Gasteiger partial charge on any atom is 0.407 e.